The average molecular weight is 314 g/mol. The van der Waals surface area contributed by atoms with Crippen molar-refractivity contribution in [3.8, 4) is 0 Å². The maximum atomic E-state index is 12.2. The van der Waals surface area contributed by atoms with E-state index in [2.05, 4.69) is 5.32 Å². The molecular formula is C13H18N2O3S2. The topological polar surface area (TPSA) is 69.6 Å². The van der Waals surface area contributed by atoms with Gasteiger partial charge in [-0.15, -0.1) is 0 Å². The number of carbonyl (C=O) groups excluding carboxylic acids is 1. The molecule has 1 fully saturated rings. The first kappa shape index (κ1) is 15.2. The zero-order chi connectivity index (χ0) is 14.5. The number of aryl methyl sites for hydroxylation is 1. The third-order valence-electron chi connectivity index (χ3n) is 3.29. The highest BCUT2D eigenvalue weighted by atomic mass is 32.2. The second-order valence-corrected chi connectivity index (χ2v) is 6.65. The number of nitrogens with one attached hydrogen (secondary N) is 1. The molecule has 0 spiro atoms. The molecule has 2 rings (SSSR count). The lowest BCUT2D eigenvalue weighted by molar-refractivity contribution is -0.137. The van der Waals surface area contributed by atoms with Crippen molar-refractivity contribution in [2.45, 2.75) is 25.9 Å². The minimum absolute atomic E-state index is 0.0118. The first-order valence-electron chi connectivity index (χ1n) is 6.43. The molecule has 20 heavy (non-hydrogen) atoms. The Morgan fingerprint density at radius 1 is 1.50 bits per heavy atom. The van der Waals surface area contributed by atoms with Gasteiger partial charge in [0.25, 0.3) is 0 Å². The monoisotopic (exact) mass is 314 g/mol. The molecule has 5 nitrogen and oxygen atoms in total. The maximum absolute atomic E-state index is 12.2. The van der Waals surface area contributed by atoms with Crippen LogP contribution in [0.4, 0.5) is 4.79 Å². The summed E-state index contributed by atoms with van der Waals surface area (Å²) >= 11 is 3.32. The fourth-order valence-corrected chi connectivity index (χ4v) is 4.05. The van der Waals surface area contributed by atoms with Gasteiger partial charge in [-0.1, -0.05) is 0 Å². The number of thiophene rings is 1. The van der Waals surface area contributed by atoms with Crippen molar-refractivity contribution < 1.29 is 14.7 Å². The third kappa shape index (κ3) is 3.89. The number of amides is 2. The van der Waals surface area contributed by atoms with Crippen molar-refractivity contribution in [3.05, 3.63) is 21.9 Å². The van der Waals surface area contributed by atoms with Crippen LogP contribution in [0.2, 0.25) is 0 Å². The zero-order valence-corrected chi connectivity index (χ0v) is 12.9. The van der Waals surface area contributed by atoms with Crippen LogP contribution in [-0.4, -0.2) is 46.1 Å². The van der Waals surface area contributed by atoms with Gasteiger partial charge >= 0.3 is 12.0 Å². The van der Waals surface area contributed by atoms with Crippen molar-refractivity contribution in [2.75, 3.05) is 18.1 Å². The second-order valence-electron chi connectivity index (χ2n) is 4.76. The maximum Gasteiger partial charge on any atom is 0.317 e. The van der Waals surface area contributed by atoms with Crippen LogP contribution in [0.3, 0.4) is 0 Å². The van der Waals surface area contributed by atoms with Crippen molar-refractivity contribution in [1.82, 2.24) is 10.2 Å². The van der Waals surface area contributed by atoms with Crippen LogP contribution >= 0.6 is 23.1 Å². The highest BCUT2D eigenvalue weighted by Crippen LogP contribution is 2.19. The van der Waals surface area contributed by atoms with E-state index in [-0.39, 0.29) is 18.5 Å². The predicted molar refractivity (Wildman–Crippen MR) is 81.4 cm³/mol. The first-order chi connectivity index (χ1) is 9.58. The largest absolute Gasteiger partial charge is 0.481 e. The van der Waals surface area contributed by atoms with Gasteiger partial charge in [-0.05, 0) is 28.8 Å². The molecule has 1 aromatic rings. The lowest BCUT2D eigenvalue weighted by Gasteiger charge is -2.34. The van der Waals surface area contributed by atoms with Crippen molar-refractivity contribution >= 4 is 35.1 Å². The number of hydrogen-bond acceptors (Lipinski definition) is 4. The highest BCUT2D eigenvalue weighted by Gasteiger charge is 2.28. The van der Waals surface area contributed by atoms with E-state index >= 15 is 0 Å². The molecule has 2 N–H and O–H groups in total. The molecule has 1 unspecified atom stereocenters. The van der Waals surface area contributed by atoms with Crippen LogP contribution in [0, 0.1) is 6.92 Å². The van der Waals surface area contributed by atoms with E-state index in [4.69, 9.17) is 5.11 Å². The Labute approximate surface area is 126 Å². The number of carbonyl (C=O) groups is 2. The number of carboxylic acid groups (broad SMARTS) is 1. The van der Waals surface area contributed by atoms with Crippen molar-refractivity contribution in [2.24, 2.45) is 0 Å². The molecule has 1 aliphatic heterocycles. The molecule has 0 bridgehead atoms. The molecule has 0 saturated carbocycles. The van der Waals surface area contributed by atoms with E-state index in [1.807, 2.05) is 17.7 Å². The molecule has 0 radical (unpaired) electrons. The molecule has 0 aromatic carbocycles. The second kappa shape index (κ2) is 6.99. The smallest absolute Gasteiger partial charge is 0.317 e. The Morgan fingerprint density at radius 3 is 2.95 bits per heavy atom. The summed E-state index contributed by atoms with van der Waals surface area (Å²) in [6, 6.07) is -0.378. The molecule has 2 amide bonds. The van der Waals surface area contributed by atoms with E-state index in [0.717, 1.165) is 11.3 Å². The fraction of sp³-hybridized carbons (Fsp3) is 0.538. The van der Waals surface area contributed by atoms with Gasteiger partial charge < -0.3 is 15.3 Å². The lowest BCUT2D eigenvalue weighted by Crippen LogP contribution is -2.51. The average Bonchev–Trinajstić information content (AvgIpc) is 2.81. The quantitative estimate of drug-likeness (QED) is 0.893. The molecule has 2 heterocycles. The molecule has 1 aliphatic rings. The summed E-state index contributed by atoms with van der Waals surface area (Å²) in [7, 11) is 0. The van der Waals surface area contributed by atoms with E-state index in [0.29, 0.717) is 18.8 Å². The molecule has 110 valence electrons. The SMILES string of the molecule is Cc1cscc1CNC(=O)N1CCSCC1CC(=O)O. The molecule has 1 aromatic heterocycles. The van der Waals surface area contributed by atoms with Crippen molar-refractivity contribution in [3.63, 3.8) is 0 Å². The van der Waals surface area contributed by atoms with Gasteiger partial charge in [0.2, 0.25) is 0 Å². The summed E-state index contributed by atoms with van der Waals surface area (Å²) in [6.07, 6.45) is 0.0118. The number of thioether (sulfide) groups is 1. The van der Waals surface area contributed by atoms with Gasteiger partial charge in [-0.25, -0.2) is 4.79 Å². The molecule has 7 heteroatoms. The number of aliphatic carboxylic acids is 1. The fourth-order valence-electron chi connectivity index (χ4n) is 2.13. The first-order valence-corrected chi connectivity index (χ1v) is 8.53. The summed E-state index contributed by atoms with van der Waals surface area (Å²) in [5.74, 6) is 0.696. The minimum Gasteiger partial charge on any atom is -0.481 e. The Morgan fingerprint density at radius 2 is 2.30 bits per heavy atom. The number of hydrogen-bond donors (Lipinski definition) is 2. The predicted octanol–water partition coefficient (Wildman–Crippen LogP) is 2.16. The zero-order valence-electron chi connectivity index (χ0n) is 11.3. The Bertz CT molecular complexity index is 490. The van der Waals surface area contributed by atoms with E-state index in [9.17, 15) is 9.59 Å². The standard InChI is InChI=1S/C13H18N2O3S2/c1-9-6-20-7-10(9)5-14-13(18)15-2-3-19-8-11(15)4-12(16)17/h6-7,11H,2-5,8H2,1H3,(H,14,18)(H,16,17). The van der Waals surface area contributed by atoms with E-state index < -0.39 is 5.97 Å². The van der Waals surface area contributed by atoms with Gasteiger partial charge in [0.1, 0.15) is 0 Å². The molecule has 1 saturated heterocycles. The summed E-state index contributed by atoms with van der Waals surface area (Å²) in [6.45, 7) is 3.12. The highest BCUT2D eigenvalue weighted by molar-refractivity contribution is 7.99. The summed E-state index contributed by atoms with van der Waals surface area (Å²) in [4.78, 5) is 24.7. The van der Waals surface area contributed by atoms with Gasteiger partial charge in [0.15, 0.2) is 0 Å². The van der Waals surface area contributed by atoms with Crippen LogP contribution in [0.1, 0.15) is 17.5 Å². The van der Waals surface area contributed by atoms with Crippen LogP contribution in [0.5, 0.6) is 0 Å². The number of urea groups is 1. The number of nitrogens with zero attached hydrogens (tertiary/aromatic N) is 1. The Kier molecular flexibility index (Phi) is 5.31. The summed E-state index contributed by atoms with van der Waals surface area (Å²) in [5.41, 5.74) is 2.29. The number of rotatable bonds is 4. The normalized spacial score (nSPS) is 18.9. The van der Waals surface area contributed by atoms with Crippen LogP contribution in [0.15, 0.2) is 10.8 Å². The van der Waals surface area contributed by atoms with Crippen molar-refractivity contribution in [1.29, 1.82) is 0 Å². The lowest BCUT2D eigenvalue weighted by atomic mass is 10.2. The van der Waals surface area contributed by atoms with E-state index in [1.165, 1.54) is 5.56 Å². The Balaban J connectivity index is 1.92. The summed E-state index contributed by atoms with van der Waals surface area (Å²) in [5, 5.41) is 15.9. The Hall–Kier alpha value is -1.21. The van der Waals surface area contributed by atoms with Crippen LogP contribution in [-0.2, 0) is 11.3 Å². The number of carboxylic acids is 1. The molecule has 1 atom stereocenters. The van der Waals surface area contributed by atoms with Gasteiger partial charge in [-0.2, -0.15) is 23.1 Å². The van der Waals surface area contributed by atoms with Crippen LogP contribution < -0.4 is 5.32 Å². The van der Waals surface area contributed by atoms with E-state index in [1.54, 1.807) is 28.0 Å². The minimum atomic E-state index is -0.857. The van der Waals surface area contributed by atoms with Gasteiger partial charge in [0.05, 0.1) is 12.5 Å². The third-order valence-corrected chi connectivity index (χ3v) is 5.29. The van der Waals surface area contributed by atoms with Crippen LogP contribution in [0.25, 0.3) is 0 Å². The molecular weight excluding hydrogens is 296 g/mol. The van der Waals surface area contributed by atoms with Gasteiger partial charge in [-0.3, -0.25) is 4.79 Å². The molecule has 0 aliphatic carbocycles. The van der Waals surface area contributed by atoms with Gasteiger partial charge in [0, 0.05) is 24.6 Å². The summed E-state index contributed by atoms with van der Waals surface area (Å²) < 4.78 is 0.